The van der Waals surface area contributed by atoms with Crippen LogP contribution in [0.1, 0.15) is 30.4 Å². The summed E-state index contributed by atoms with van der Waals surface area (Å²) in [5.41, 5.74) is 2.63. The number of hydrogen-bond donors (Lipinski definition) is 0. The van der Waals surface area contributed by atoms with Gasteiger partial charge in [-0.15, -0.1) is 0 Å². The Kier molecular flexibility index (Phi) is 4.87. The van der Waals surface area contributed by atoms with Crippen molar-refractivity contribution in [2.45, 2.75) is 32.2 Å². The van der Waals surface area contributed by atoms with Gasteiger partial charge in [-0.2, -0.15) is 0 Å². The molecule has 0 saturated carbocycles. The molecule has 0 radical (unpaired) electrons. The zero-order valence-corrected chi connectivity index (χ0v) is 14.9. The Balaban J connectivity index is 1.31. The number of hydrogen-bond acceptors (Lipinski definition) is 3. The van der Waals surface area contributed by atoms with Crippen molar-refractivity contribution in [1.29, 1.82) is 0 Å². The lowest BCUT2D eigenvalue weighted by atomic mass is 9.92. The summed E-state index contributed by atoms with van der Waals surface area (Å²) in [6.45, 7) is 3.06. The molecule has 2 aromatic rings. The van der Waals surface area contributed by atoms with E-state index in [0.717, 1.165) is 45.4 Å². The number of carbonyl (C=O) groups excluding carboxylic acids is 1. The molecule has 26 heavy (non-hydrogen) atoms. The van der Waals surface area contributed by atoms with Crippen LogP contribution in [0, 0.1) is 11.7 Å². The molecule has 1 fully saturated rings. The van der Waals surface area contributed by atoms with Gasteiger partial charge in [0.1, 0.15) is 0 Å². The number of aromatic nitrogens is 1. The number of anilines is 1. The van der Waals surface area contributed by atoms with Crippen LogP contribution in [0.2, 0.25) is 0 Å². The first-order valence-electron chi connectivity index (χ1n) is 9.41. The van der Waals surface area contributed by atoms with Gasteiger partial charge in [-0.05, 0) is 48.4 Å². The third-order valence-electron chi connectivity index (χ3n) is 5.60. The average Bonchev–Trinajstić information content (AvgIpc) is 2.69. The van der Waals surface area contributed by atoms with Crippen LogP contribution in [0.4, 0.5) is 10.2 Å². The molecule has 4 nitrogen and oxygen atoms in total. The van der Waals surface area contributed by atoms with Crippen molar-refractivity contribution in [2.24, 2.45) is 5.92 Å². The first kappa shape index (κ1) is 17.0. The summed E-state index contributed by atoms with van der Waals surface area (Å²) in [5.74, 6) is 0.795. The summed E-state index contributed by atoms with van der Waals surface area (Å²) in [6, 6.07) is 11.4. The average molecular weight is 353 g/mol. The van der Waals surface area contributed by atoms with E-state index in [1.54, 1.807) is 12.3 Å². The first-order chi connectivity index (χ1) is 12.7. The Morgan fingerprint density at radius 1 is 1.08 bits per heavy atom. The Bertz CT molecular complexity index is 786. The van der Waals surface area contributed by atoms with Crippen LogP contribution < -0.4 is 4.90 Å². The predicted molar refractivity (Wildman–Crippen MR) is 99.3 cm³/mol. The Morgan fingerprint density at radius 2 is 1.85 bits per heavy atom. The maximum Gasteiger partial charge on any atom is 0.223 e. The Labute approximate surface area is 153 Å². The number of halogens is 1. The van der Waals surface area contributed by atoms with Crippen molar-refractivity contribution >= 4 is 11.7 Å². The van der Waals surface area contributed by atoms with E-state index in [1.165, 1.54) is 17.2 Å². The van der Waals surface area contributed by atoms with Crippen molar-refractivity contribution in [3.63, 3.8) is 0 Å². The molecule has 3 heterocycles. The highest BCUT2D eigenvalue weighted by Crippen LogP contribution is 2.27. The third kappa shape index (κ3) is 3.57. The number of benzene rings is 1. The van der Waals surface area contributed by atoms with Gasteiger partial charge >= 0.3 is 0 Å². The van der Waals surface area contributed by atoms with Gasteiger partial charge in [0.05, 0.1) is 0 Å². The number of nitrogens with zero attached hydrogens (tertiary/aromatic N) is 3. The molecule has 1 amide bonds. The third-order valence-corrected chi connectivity index (χ3v) is 5.60. The standard InChI is InChI=1S/C21H24FN3O/c22-19-6-3-10-23-21(19)24-11-7-16(8-12-24)14-20(26)25-13-9-17-4-1-2-5-18(17)15-25/h1-6,10,16H,7-9,11-15H2. The highest BCUT2D eigenvalue weighted by atomic mass is 19.1. The quantitative estimate of drug-likeness (QED) is 0.848. The molecule has 1 aromatic heterocycles. The normalized spacial score (nSPS) is 17.9. The molecule has 0 bridgehead atoms. The second kappa shape index (κ2) is 7.44. The van der Waals surface area contributed by atoms with Crippen molar-refractivity contribution in [3.8, 4) is 0 Å². The molecule has 5 heteroatoms. The molecule has 0 N–H and O–H groups in total. The predicted octanol–water partition coefficient (Wildman–Crippen LogP) is 3.41. The topological polar surface area (TPSA) is 36.4 Å². The van der Waals surface area contributed by atoms with Crippen LogP contribution in [0.25, 0.3) is 0 Å². The fourth-order valence-electron chi connectivity index (χ4n) is 4.04. The van der Waals surface area contributed by atoms with Gasteiger partial charge < -0.3 is 9.80 Å². The molecule has 0 unspecified atom stereocenters. The van der Waals surface area contributed by atoms with Crippen LogP contribution >= 0.6 is 0 Å². The van der Waals surface area contributed by atoms with Gasteiger partial charge in [0, 0.05) is 38.8 Å². The zero-order chi connectivity index (χ0) is 17.9. The lowest BCUT2D eigenvalue weighted by Crippen LogP contribution is -2.39. The second-order valence-corrected chi connectivity index (χ2v) is 7.28. The molecule has 0 spiro atoms. The molecule has 2 aliphatic heterocycles. The summed E-state index contributed by atoms with van der Waals surface area (Å²) >= 11 is 0. The number of piperidine rings is 1. The molecule has 2 aliphatic rings. The van der Waals surface area contributed by atoms with E-state index in [0.29, 0.717) is 18.2 Å². The van der Waals surface area contributed by atoms with Crippen molar-refractivity contribution in [2.75, 3.05) is 24.5 Å². The number of carbonyl (C=O) groups is 1. The van der Waals surface area contributed by atoms with Gasteiger partial charge in [0.2, 0.25) is 5.91 Å². The van der Waals surface area contributed by atoms with E-state index in [9.17, 15) is 9.18 Å². The highest BCUT2D eigenvalue weighted by Gasteiger charge is 2.27. The number of rotatable bonds is 3. The largest absolute Gasteiger partial charge is 0.354 e. The van der Waals surface area contributed by atoms with Crippen LogP contribution in [-0.4, -0.2) is 35.4 Å². The van der Waals surface area contributed by atoms with Crippen molar-refractivity contribution in [1.82, 2.24) is 9.88 Å². The van der Waals surface area contributed by atoms with Gasteiger partial charge in [-0.3, -0.25) is 4.79 Å². The summed E-state index contributed by atoms with van der Waals surface area (Å²) in [4.78, 5) is 20.9. The van der Waals surface area contributed by atoms with E-state index in [2.05, 4.69) is 23.2 Å². The van der Waals surface area contributed by atoms with Crippen molar-refractivity contribution < 1.29 is 9.18 Å². The zero-order valence-electron chi connectivity index (χ0n) is 14.9. The lowest BCUT2D eigenvalue weighted by molar-refractivity contribution is -0.133. The Morgan fingerprint density at radius 3 is 2.62 bits per heavy atom. The number of pyridine rings is 1. The maximum absolute atomic E-state index is 13.9. The summed E-state index contributed by atoms with van der Waals surface area (Å²) in [7, 11) is 0. The number of amides is 1. The smallest absolute Gasteiger partial charge is 0.223 e. The van der Waals surface area contributed by atoms with Crippen molar-refractivity contribution in [3.05, 3.63) is 59.5 Å². The first-order valence-corrected chi connectivity index (χ1v) is 9.41. The molecular formula is C21H24FN3O. The summed E-state index contributed by atoms with van der Waals surface area (Å²) in [6.07, 6.45) is 4.99. The monoisotopic (exact) mass is 353 g/mol. The Hall–Kier alpha value is -2.43. The van der Waals surface area contributed by atoms with Crippen LogP contribution in [-0.2, 0) is 17.8 Å². The molecular weight excluding hydrogens is 329 g/mol. The maximum atomic E-state index is 13.9. The molecule has 0 aliphatic carbocycles. The lowest BCUT2D eigenvalue weighted by Gasteiger charge is -2.34. The van der Waals surface area contributed by atoms with Gasteiger partial charge in [0.15, 0.2) is 11.6 Å². The van der Waals surface area contributed by atoms with E-state index < -0.39 is 0 Å². The molecule has 136 valence electrons. The fourth-order valence-corrected chi connectivity index (χ4v) is 4.04. The van der Waals surface area contributed by atoms with E-state index in [-0.39, 0.29) is 11.7 Å². The SMILES string of the molecule is O=C(CC1CCN(c2ncccc2F)CC1)N1CCc2ccccc2C1. The van der Waals surface area contributed by atoms with Gasteiger partial charge in [-0.1, -0.05) is 24.3 Å². The van der Waals surface area contributed by atoms with E-state index in [4.69, 9.17) is 0 Å². The summed E-state index contributed by atoms with van der Waals surface area (Å²) in [5, 5.41) is 0. The number of fused-ring (bicyclic) bond motifs is 1. The minimum Gasteiger partial charge on any atom is -0.354 e. The minimum absolute atomic E-state index is 0.252. The molecule has 4 rings (SSSR count). The van der Waals surface area contributed by atoms with Crippen LogP contribution in [0.5, 0.6) is 0 Å². The van der Waals surface area contributed by atoms with Gasteiger partial charge in [-0.25, -0.2) is 9.37 Å². The van der Waals surface area contributed by atoms with Crippen LogP contribution in [0.3, 0.4) is 0 Å². The second-order valence-electron chi connectivity index (χ2n) is 7.28. The van der Waals surface area contributed by atoms with Gasteiger partial charge in [0.25, 0.3) is 0 Å². The highest BCUT2D eigenvalue weighted by molar-refractivity contribution is 5.76. The molecule has 1 aromatic carbocycles. The molecule has 0 atom stereocenters. The molecule has 1 saturated heterocycles. The fraction of sp³-hybridized carbons (Fsp3) is 0.429. The minimum atomic E-state index is -0.269. The summed E-state index contributed by atoms with van der Waals surface area (Å²) < 4.78 is 13.9. The van der Waals surface area contributed by atoms with Crippen LogP contribution in [0.15, 0.2) is 42.6 Å². The van der Waals surface area contributed by atoms with E-state index >= 15 is 0 Å². The van der Waals surface area contributed by atoms with E-state index in [1.807, 2.05) is 15.9 Å².